The predicted molar refractivity (Wildman–Crippen MR) is 68.9 cm³/mol. The number of ether oxygens (including phenoxy) is 3. The molecule has 0 aromatic heterocycles. The first kappa shape index (κ1) is 14.2. The van der Waals surface area contributed by atoms with E-state index in [4.69, 9.17) is 19.3 Å². The average Bonchev–Trinajstić information content (AvgIpc) is 2.45. The molecule has 0 amide bonds. The molecule has 19 heavy (non-hydrogen) atoms. The van der Waals surface area contributed by atoms with E-state index in [1.165, 1.54) is 0 Å². The lowest BCUT2D eigenvalue weighted by Gasteiger charge is -2.31. The molecule has 1 fully saturated rings. The molecule has 1 aliphatic carbocycles. The summed E-state index contributed by atoms with van der Waals surface area (Å²) in [6.07, 6.45) is 5.78. The highest BCUT2D eigenvalue weighted by atomic mass is 16.6. The van der Waals surface area contributed by atoms with E-state index >= 15 is 0 Å². The highest BCUT2D eigenvalue weighted by molar-refractivity contribution is 5.72. The number of aliphatic carboxylic acids is 1. The normalized spacial score (nSPS) is 31.0. The van der Waals surface area contributed by atoms with E-state index in [9.17, 15) is 4.79 Å². The minimum Gasteiger partial charge on any atom is -0.479 e. The molecule has 1 saturated heterocycles. The van der Waals surface area contributed by atoms with Crippen molar-refractivity contribution in [2.75, 3.05) is 26.4 Å². The molecular weight excluding hydrogens is 248 g/mol. The molecule has 0 bridgehead atoms. The van der Waals surface area contributed by atoms with Gasteiger partial charge in [0.2, 0.25) is 0 Å². The van der Waals surface area contributed by atoms with Crippen molar-refractivity contribution in [2.45, 2.75) is 25.6 Å². The molecule has 3 atom stereocenters. The number of carboxylic acid groups (broad SMARTS) is 1. The second-order valence-electron chi connectivity index (χ2n) is 4.74. The van der Waals surface area contributed by atoms with Gasteiger partial charge in [0.25, 0.3) is 0 Å². The number of carboxylic acids is 1. The summed E-state index contributed by atoms with van der Waals surface area (Å²) in [6, 6.07) is 0. The van der Waals surface area contributed by atoms with Gasteiger partial charge in [-0.1, -0.05) is 18.2 Å². The van der Waals surface area contributed by atoms with Crippen molar-refractivity contribution < 1.29 is 24.1 Å². The van der Waals surface area contributed by atoms with Crippen molar-refractivity contribution in [1.29, 1.82) is 0 Å². The average molecular weight is 268 g/mol. The zero-order chi connectivity index (χ0) is 13.7. The van der Waals surface area contributed by atoms with Gasteiger partial charge in [0.1, 0.15) is 6.10 Å². The van der Waals surface area contributed by atoms with Crippen LogP contribution in [0.2, 0.25) is 0 Å². The van der Waals surface area contributed by atoms with Gasteiger partial charge >= 0.3 is 5.97 Å². The summed E-state index contributed by atoms with van der Waals surface area (Å²) in [7, 11) is 0. The lowest BCUT2D eigenvalue weighted by molar-refractivity contribution is -0.173. The molecular formula is C14H20O5. The first-order valence-corrected chi connectivity index (χ1v) is 6.61. The minimum absolute atomic E-state index is 0.122. The predicted octanol–water partition coefficient (Wildman–Crippen LogP) is 1.39. The van der Waals surface area contributed by atoms with Crippen LogP contribution in [0.15, 0.2) is 23.8 Å². The molecule has 2 aliphatic rings. The van der Waals surface area contributed by atoms with Gasteiger partial charge in [-0.15, -0.1) is 0 Å². The summed E-state index contributed by atoms with van der Waals surface area (Å²) < 4.78 is 16.3. The maximum Gasteiger partial charge on any atom is 0.335 e. The van der Waals surface area contributed by atoms with Gasteiger partial charge < -0.3 is 19.3 Å². The van der Waals surface area contributed by atoms with Gasteiger partial charge in [-0.3, -0.25) is 0 Å². The Hall–Kier alpha value is -1.17. The summed E-state index contributed by atoms with van der Waals surface area (Å²) in [5.74, 6) is -0.642. The van der Waals surface area contributed by atoms with Crippen LogP contribution in [0, 0.1) is 5.92 Å². The maximum atomic E-state index is 10.9. The fraction of sp³-hybridized carbons (Fsp3) is 0.643. The van der Waals surface area contributed by atoms with Gasteiger partial charge in [0.05, 0.1) is 19.8 Å². The molecule has 0 aromatic carbocycles. The standard InChI is InChI=1S/C14H20O5/c1-2-17-7-10-4-3-5-11(6-10)12-8-18-9-13(19-12)14(15)16/h3-5,10,12-13H,2,6-9H2,1H3,(H,15,16). The van der Waals surface area contributed by atoms with E-state index < -0.39 is 12.1 Å². The Morgan fingerprint density at radius 3 is 3.11 bits per heavy atom. The van der Waals surface area contributed by atoms with Crippen molar-refractivity contribution >= 4 is 5.97 Å². The molecule has 5 heteroatoms. The van der Waals surface area contributed by atoms with Crippen LogP contribution in [0.4, 0.5) is 0 Å². The van der Waals surface area contributed by atoms with Gasteiger partial charge in [0.15, 0.2) is 6.10 Å². The molecule has 0 aromatic rings. The third-order valence-electron chi connectivity index (χ3n) is 3.28. The Balaban J connectivity index is 1.92. The molecule has 5 nitrogen and oxygen atoms in total. The first-order chi connectivity index (χ1) is 9.20. The van der Waals surface area contributed by atoms with Crippen molar-refractivity contribution in [3.05, 3.63) is 23.8 Å². The van der Waals surface area contributed by atoms with Gasteiger partial charge in [0, 0.05) is 12.5 Å². The third-order valence-corrected chi connectivity index (χ3v) is 3.28. The fourth-order valence-corrected chi connectivity index (χ4v) is 2.28. The Kier molecular flexibility index (Phi) is 5.13. The van der Waals surface area contributed by atoms with Crippen LogP contribution in [0.25, 0.3) is 0 Å². The van der Waals surface area contributed by atoms with Gasteiger partial charge in [-0.25, -0.2) is 4.79 Å². The Bertz CT molecular complexity index is 374. The van der Waals surface area contributed by atoms with Crippen molar-refractivity contribution in [3.63, 3.8) is 0 Å². The van der Waals surface area contributed by atoms with E-state index in [0.717, 1.165) is 12.0 Å². The van der Waals surface area contributed by atoms with E-state index in [1.807, 2.05) is 19.1 Å². The van der Waals surface area contributed by atoms with Crippen LogP contribution in [0.1, 0.15) is 13.3 Å². The molecule has 1 N–H and O–H groups in total. The number of carbonyl (C=O) groups is 1. The second-order valence-corrected chi connectivity index (χ2v) is 4.74. The lowest BCUT2D eigenvalue weighted by Crippen LogP contribution is -2.42. The minimum atomic E-state index is -0.970. The zero-order valence-corrected chi connectivity index (χ0v) is 11.1. The first-order valence-electron chi connectivity index (χ1n) is 6.61. The number of hydrogen-bond acceptors (Lipinski definition) is 4. The van der Waals surface area contributed by atoms with Crippen LogP contribution in [-0.2, 0) is 19.0 Å². The highest BCUT2D eigenvalue weighted by Gasteiger charge is 2.31. The lowest BCUT2D eigenvalue weighted by atomic mass is 9.91. The molecule has 0 spiro atoms. The van der Waals surface area contributed by atoms with E-state index in [0.29, 0.717) is 25.7 Å². The summed E-state index contributed by atoms with van der Waals surface area (Å²) >= 11 is 0. The van der Waals surface area contributed by atoms with E-state index in [2.05, 4.69) is 6.08 Å². The summed E-state index contributed by atoms with van der Waals surface area (Å²) in [6.45, 7) is 3.90. The quantitative estimate of drug-likeness (QED) is 0.816. The van der Waals surface area contributed by atoms with Crippen LogP contribution in [-0.4, -0.2) is 49.7 Å². The Morgan fingerprint density at radius 2 is 2.37 bits per heavy atom. The smallest absolute Gasteiger partial charge is 0.335 e. The Labute approximate surface area is 112 Å². The van der Waals surface area contributed by atoms with Crippen molar-refractivity contribution in [3.8, 4) is 0 Å². The van der Waals surface area contributed by atoms with Crippen LogP contribution in [0.5, 0.6) is 0 Å². The summed E-state index contributed by atoms with van der Waals surface area (Å²) in [5.41, 5.74) is 1.08. The highest BCUT2D eigenvalue weighted by Crippen LogP contribution is 2.26. The van der Waals surface area contributed by atoms with E-state index in [1.54, 1.807) is 0 Å². The molecule has 1 aliphatic heterocycles. The topological polar surface area (TPSA) is 65.0 Å². The zero-order valence-electron chi connectivity index (χ0n) is 11.1. The second kappa shape index (κ2) is 6.84. The summed E-state index contributed by atoms with van der Waals surface area (Å²) in [5, 5.41) is 8.96. The fourth-order valence-electron chi connectivity index (χ4n) is 2.28. The SMILES string of the molecule is CCOCC1C=CC=C(C2COCC(C(=O)O)O2)C1. The molecule has 106 valence electrons. The number of rotatable bonds is 5. The number of hydrogen-bond donors (Lipinski definition) is 1. The molecule has 0 radical (unpaired) electrons. The van der Waals surface area contributed by atoms with Crippen LogP contribution in [0.3, 0.4) is 0 Å². The number of allylic oxidation sites excluding steroid dienone is 2. The maximum absolute atomic E-state index is 10.9. The Morgan fingerprint density at radius 1 is 1.53 bits per heavy atom. The van der Waals surface area contributed by atoms with Crippen molar-refractivity contribution in [2.24, 2.45) is 5.92 Å². The molecule has 2 rings (SSSR count). The van der Waals surface area contributed by atoms with E-state index in [-0.39, 0.29) is 12.7 Å². The molecule has 0 saturated carbocycles. The van der Waals surface area contributed by atoms with Crippen LogP contribution < -0.4 is 0 Å². The third kappa shape index (κ3) is 3.89. The van der Waals surface area contributed by atoms with Crippen molar-refractivity contribution in [1.82, 2.24) is 0 Å². The largest absolute Gasteiger partial charge is 0.479 e. The van der Waals surface area contributed by atoms with Gasteiger partial charge in [-0.05, 0) is 18.9 Å². The molecule has 1 heterocycles. The molecule has 3 unspecified atom stereocenters. The summed E-state index contributed by atoms with van der Waals surface area (Å²) in [4.78, 5) is 10.9. The monoisotopic (exact) mass is 268 g/mol. The van der Waals surface area contributed by atoms with Crippen LogP contribution >= 0.6 is 0 Å². The van der Waals surface area contributed by atoms with Gasteiger partial charge in [-0.2, -0.15) is 0 Å².